The molecule has 1 aliphatic heterocycles. The fourth-order valence-corrected chi connectivity index (χ4v) is 3.17. The molecule has 0 N–H and O–H groups in total. The quantitative estimate of drug-likeness (QED) is 0.868. The van der Waals surface area contributed by atoms with Gasteiger partial charge in [0.15, 0.2) is 5.69 Å². The molecule has 0 bridgehead atoms. The second kappa shape index (κ2) is 6.12. The first-order chi connectivity index (χ1) is 10.6. The smallest absolute Gasteiger partial charge is 0.276 e. The summed E-state index contributed by atoms with van der Waals surface area (Å²) in [5, 5.41) is 8.69. The molecule has 2 aromatic rings. The van der Waals surface area contributed by atoms with Gasteiger partial charge in [0.1, 0.15) is 11.5 Å². The van der Waals surface area contributed by atoms with Crippen molar-refractivity contribution in [3.05, 3.63) is 34.4 Å². The summed E-state index contributed by atoms with van der Waals surface area (Å²) in [5.41, 5.74) is 1.12. The third-order valence-electron chi connectivity index (χ3n) is 3.92. The lowest BCUT2D eigenvalue weighted by atomic mass is 10.1. The van der Waals surface area contributed by atoms with Gasteiger partial charge in [-0.25, -0.2) is 0 Å². The van der Waals surface area contributed by atoms with Gasteiger partial charge in [0.2, 0.25) is 0 Å². The maximum Gasteiger partial charge on any atom is 0.276 e. The Morgan fingerprint density at radius 2 is 2.36 bits per heavy atom. The Hall–Kier alpha value is -1.82. The molecular weight excluding hydrogens is 304 g/mol. The zero-order valence-electron chi connectivity index (χ0n) is 12.8. The van der Waals surface area contributed by atoms with E-state index in [2.05, 4.69) is 17.2 Å². The predicted octanol–water partition coefficient (Wildman–Crippen LogP) is 2.99. The van der Waals surface area contributed by atoms with E-state index < -0.39 is 0 Å². The van der Waals surface area contributed by atoms with Crippen molar-refractivity contribution in [3.63, 3.8) is 0 Å². The lowest BCUT2D eigenvalue weighted by Crippen LogP contribution is -2.31. The van der Waals surface area contributed by atoms with Gasteiger partial charge in [0, 0.05) is 32.3 Å². The molecule has 6 nitrogen and oxygen atoms in total. The van der Waals surface area contributed by atoms with E-state index in [0.717, 1.165) is 37.1 Å². The molecule has 0 saturated carbocycles. The molecule has 3 heterocycles. The molecule has 1 aliphatic rings. The summed E-state index contributed by atoms with van der Waals surface area (Å²) in [6.07, 6.45) is 5.33. The monoisotopic (exact) mass is 322 g/mol. The SMILES string of the molecule is CCCc1cc([C@H]2CCCN2C(=O)c2nn(C)cc2Cl)no1. The van der Waals surface area contributed by atoms with Crippen LogP contribution in [0.4, 0.5) is 0 Å². The molecule has 22 heavy (non-hydrogen) atoms. The summed E-state index contributed by atoms with van der Waals surface area (Å²) in [7, 11) is 1.75. The zero-order valence-corrected chi connectivity index (χ0v) is 13.5. The van der Waals surface area contributed by atoms with Crippen LogP contribution in [-0.4, -0.2) is 32.3 Å². The largest absolute Gasteiger partial charge is 0.361 e. The van der Waals surface area contributed by atoms with Crippen LogP contribution in [0.15, 0.2) is 16.8 Å². The van der Waals surface area contributed by atoms with Crippen LogP contribution in [0.5, 0.6) is 0 Å². The maximum atomic E-state index is 12.7. The average molecular weight is 323 g/mol. The van der Waals surface area contributed by atoms with Crippen molar-refractivity contribution >= 4 is 17.5 Å². The van der Waals surface area contributed by atoms with Crippen molar-refractivity contribution in [2.45, 2.75) is 38.6 Å². The van der Waals surface area contributed by atoms with E-state index in [1.54, 1.807) is 22.8 Å². The highest BCUT2D eigenvalue weighted by molar-refractivity contribution is 6.33. The molecule has 118 valence electrons. The third-order valence-corrected chi connectivity index (χ3v) is 4.19. The first-order valence-electron chi connectivity index (χ1n) is 7.55. The van der Waals surface area contributed by atoms with E-state index in [1.165, 1.54) is 0 Å². The average Bonchev–Trinajstić information content (AvgIpc) is 3.17. The number of hydrogen-bond donors (Lipinski definition) is 0. The van der Waals surface area contributed by atoms with E-state index in [0.29, 0.717) is 17.3 Å². The van der Waals surface area contributed by atoms with Gasteiger partial charge < -0.3 is 9.42 Å². The summed E-state index contributed by atoms with van der Waals surface area (Å²) < 4.78 is 6.90. The van der Waals surface area contributed by atoms with Crippen LogP contribution in [-0.2, 0) is 13.5 Å². The Bertz CT molecular complexity index is 679. The molecular formula is C15H19ClN4O2. The number of hydrogen-bond acceptors (Lipinski definition) is 4. The van der Waals surface area contributed by atoms with E-state index in [-0.39, 0.29) is 11.9 Å². The maximum absolute atomic E-state index is 12.7. The molecule has 1 atom stereocenters. The van der Waals surface area contributed by atoms with Crippen molar-refractivity contribution in [1.82, 2.24) is 19.8 Å². The van der Waals surface area contributed by atoms with Gasteiger partial charge in [-0.05, 0) is 19.3 Å². The fraction of sp³-hybridized carbons (Fsp3) is 0.533. The summed E-state index contributed by atoms with van der Waals surface area (Å²) in [6.45, 7) is 2.78. The van der Waals surface area contributed by atoms with Crippen molar-refractivity contribution in [2.24, 2.45) is 7.05 Å². The van der Waals surface area contributed by atoms with Gasteiger partial charge in [-0.15, -0.1) is 0 Å². The van der Waals surface area contributed by atoms with Crippen molar-refractivity contribution in [2.75, 3.05) is 6.54 Å². The van der Waals surface area contributed by atoms with Crippen LogP contribution in [0.1, 0.15) is 54.2 Å². The highest BCUT2D eigenvalue weighted by atomic mass is 35.5. The molecule has 7 heteroatoms. The molecule has 2 aromatic heterocycles. The molecule has 3 rings (SSSR count). The molecule has 0 aromatic carbocycles. The first kappa shape index (κ1) is 15.1. The van der Waals surface area contributed by atoms with Gasteiger partial charge >= 0.3 is 0 Å². The Kier molecular flexibility index (Phi) is 4.20. The normalized spacial score (nSPS) is 18.1. The Morgan fingerprint density at radius 3 is 3.05 bits per heavy atom. The van der Waals surface area contributed by atoms with Gasteiger partial charge in [0.25, 0.3) is 5.91 Å². The molecule has 1 fully saturated rings. The summed E-state index contributed by atoms with van der Waals surface area (Å²) in [5.74, 6) is 0.723. The lowest BCUT2D eigenvalue weighted by molar-refractivity contribution is 0.0724. The number of aryl methyl sites for hydroxylation is 2. The van der Waals surface area contributed by atoms with E-state index in [4.69, 9.17) is 16.1 Å². The van der Waals surface area contributed by atoms with Crippen LogP contribution < -0.4 is 0 Å². The highest BCUT2D eigenvalue weighted by Crippen LogP contribution is 2.33. The number of amides is 1. The molecule has 0 aliphatic carbocycles. The third kappa shape index (κ3) is 2.75. The molecule has 0 radical (unpaired) electrons. The number of likely N-dealkylation sites (tertiary alicyclic amines) is 1. The van der Waals surface area contributed by atoms with Gasteiger partial charge in [-0.2, -0.15) is 5.10 Å². The lowest BCUT2D eigenvalue weighted by Gasteiger charge is -2.22. The fourth-order valence-electron chi connectivity index (χ4n) is 2.91. The van der Waals surface area contributed by atoms with Crippen molar-refractivity contribution in [1.29, 1.82) is 0 Å². The van der Waals surface area contributed by atoms with Crippen LogP contribution in [0.3, 0.4) is 0 Å². The topological polar surface area (TPSA) is 64.2 Å². The van der Waals surface area contributed by atoms with Crippen LogP contribution in [0, 0.1) is 0 Å². The van der Waals surface area contributed by atoms with Crippen molar-refractivity contribution in [3.8, 4) is 0 Å². The van der Waals surface area contributed by atoms with Gasteiger partial charge in [-0.3, -0.25) is 9.48 Å². The molecule has 1 amide bonds. The molecule has 0 spiro atoms. The van der Waals surface area contributed by atoms with Crippen LogP contribution in [0.2, 0.25) is 5.02 Å². The summed E-state index contributed by atoms with van der Waals surface area (Å²) >= 11 is 6.09. The Labute approximate surface area is 134 Å². The van der Waals surface area contributed by atoms with E-state index >= 15 is 0 Å². The zero-order chi connectivity index (χ0) is 15.7. The van der Waals surface area contributed by atoms with Crippen LogP contribution >= 0.6 is 11.6 Å². The minimum Gasteiger partial charge on any atom is -0.361 e. The predicted molar refractivity (Wildman–Crippen MR) is 81.7 cm³/mol. The second-order valence-corrected chi connectivity index (χ2v) is 6.03. The summed E-state index contributed by atoms with van der Waals surface area (Å²) in [6, 6.07) is 1.90. The standard InChI is InChI=1S/C15H19ClN4O2/c1-3-5-10-8-12(18-22-10)13-6-4-7-20(13)15(21)14-11(16)9-19(2)17-14/h8-9,13H,3-7H2,1-2H3/t13-/m1/s1. The Morgan fingerprint density at radius 1 is 1.55 bits per heavy atom. The van der Waals surface area contributed by atoms with E-state index in [1.807, 2.05) is 6.07 Å². The molecule has 1 saturated heterocycles. The number of carbonyl (C=O) groups excluding carboxylic acids is 1. The van der Waals surface area contributed by atoms with Crippen LogP contribution in [0.25, 0.3) is 0 Å². The Balaban J connectivity index is 1.83. The summed E-state index contributed by atoms with van der Waals surface area (Å²) in [4.78, 5) is 14.5. The second-order valence-electron chi connectivity index (χ2n) is 5.62. The van der Waals surface area contributed by atoms with E-state index in [9.17, 15) is 4.79 Å². The minimum atomic E-state index is -0.145. The number of rotatable bonds is 4. The minimum absolute atomic E-state index is 0.0556. The van der Waals surface area contributed by atoms with Gasteiger partial charge in [0.05, 0.1) is 11.1 Å². The van der Waals surface area contributed by atoms with Gasteiger partial charge in [-0.1, -0.05) is 23.7 Å². The number of nitrogens with zero attached hydrogens (tertiary/aromatic N) is 4. The molecule has 0 unspecified atom stereocenters. The highest BCUT2D eigenvalue weighted by Gasteiger charge is 2.34. The number of halogens is 1. The van der Waals surface area contributed by atoms with Crippen molar-refractivity contribution < 1.29 is 9.32 Å². The number of carbonyl (C=O) groups is 1. The number of aromatic nitrogens is 3. The first-order valence-corrected chi connectivity index (χ1v) is 7.93.